The fourth-order valence-electron chi connectivity index (χ4n) is 2.89. The molecular weight excluding hydrogens is 409 g/mol. The summed E-state index contributed by atoms with van der Waals surface area (Å²) in [5, 5.41) is 0.587. The van der Waals surface area contributed by atoms with E-state index in [1.54, 1.807) is 24.3 Å². The predicted octanol–water partition coefficient (Wildman–Crippen LogP) is 0.704. The van der Waals surface area contributed by atoms with Gasteiger partial charge in [0.05, 0.1) is 25.5 Å². The first kappa shape index (κ1) is 21.2. The van der Waals surface area contributed by atoms with Crippen molar-refractivity contribution < 1.29 is 23.4 Å². The van der Waals surface area contributed by atoms with Gasteiger partial charge in [-0.15, -0.1) is 0 Å². The van der Waals surface area contributed by atoms with E-state index in [4.69, 9.17) is 31.5 Å². The first-order valence-electron chi connectivity index (χ1n) is 8.75. The van der Waals surface area contributed by atoms with Crippen LogP contribution in [0.2, 0.25) is 5.02 Å². The average Bonchev–Trinajstić information content (AvgIpc) is 3.11. The molecule has 1 fully saturated rings. The van der Waals surface area contributed by atoms with E-state index in [-0.39, 0.29) is 26.2 Å². The quantitative estimate of drug-likeness (QED) is 0.623. The maximum absolute atomic E-state index is 13.6. The second-order valence-electron chi connectivity index (χ2n) is 6.37. The zero-order chi connectivity index (χ0) is 21.0. The molecule has 1 aromatic carbocycles. The Bertz CT molecular complexity index is 977. The van der Waals surface area contributed by atoms with Crippen LogP contribution in [0, 0.1) is 5.82 Å². The van der Waals surface area contributed by atoms with E-state index in [1.807, 2.05) is 4.98 Å². The number of hydrogen-bond acceptors (Lipinski definition) is 7. The highest BCUT2D eigenvalue weighted by molar-refractivity contribution is 6.30. The SMILES string of the molecule is NCC(=O)OC[C@@H]1O[C@H](n2cc(F)c(=O)[nH]c2=O)CC1OCc1ccc(Cl)cc1. The lowest BCUT2D eigenvalue weighted by Gasteiger charge is -2.19. The number of ether oxygens (including phenoxy) is 3. The molecule has 3 N–H and O–H groups in total. The molecule has 1 saturated heterocycles. The van der Waals surface area contributed by atoms with Crippen molar-refractivity contribution in [3.63, 3.8) is 0 Å². The number of aromatic amines is 1. The van der Waals surface area contributed by atoms with Crippen molar-refractivity contribution in [3.05, 3.63) is 67.7 Å². The van der Waals surface area contributed by atoms with E-state index in [1.165, 1.54) is 0 Å². The highest BCUT2D eigenvalue weighted by Crippen LogP contribution is 2.31. The summed E-state index contributed by atoms with van der Waals surface area (Å²) < 4.78 is 31.2. The largest absolute Gasteiger partial charge is 0.462 e. The first-order chi connectivity index (χ1) is 13.9. The molecule has 29 heavy (non-hydrogen) atoms. The highest BCUT2D eigenvalue weighted by Gasteiger charge is 2.38. The molecule has 0 saturated carbocycles. The molecule has 0 amide bonds. The zero-order valence-corrected chi connectivity index (χ0v) is 15.9. The fraction of sp³-hybridized carbons (Fsp3) is 0.389. The smallest absolute Gasteiger partial charge is 0.330 e. The highest BCUT2D eigenvalue weighted by atomic mass is 35.5. The molecule has 0 spiro atoms. The van der Waals surface area contributed by atoms with Gasteiger partial charge in [0.15, 0.2) is 0 Å². The number of carbonyl (C=O) groups is 1. The van der Waals surface area contributed by atoms with Gasteiger partial charge < -0.3 is 19.9 Å². The van der Waals surface area contributed by atoms with Crippen LogP contribution in [-0.4, -0.2) is 40.9 Å². The third-order valence-electron chi connectivity index (χ3n) is 4.37. The number of hydrogen-bond donors (Lipinski definition) is 2. The number of carbonyl (C=O) groups excluding carboxylic acids is 1. The van der Waals surface area contributed by atoms with Gasteiger partial charge >= 0.3 is 11.7 Å². The molecule has 0 aliphatic carbocycles. The van der Waals surface area contributed by atoms with Crippen LogP contribution < -0.4 is 17.0 Å². The number of nitrogens with zero attached hydrogens (tertiary/aromatic N) is 1. The van der Waals surface area contributed by atoms with Crippen molar-refractivity contribution in [1.82, 2.24) is 9.55 Å². The average molecular weight is 428 g/mol. The molecule has 3 atom stereocenters. The van der Waals surface area contributed by atoms with Crippen LogP contribution in [0.1, 0.15) is 18.2 Å². The Morgan fingerprint density at radius 2 is 2.07 bits per heavy atom. The Morgan fingerprint density at radius 1 is 1.34 bits per heavy atom. The van der Waals surface area contributed by atoms with Crippen LogP contribution in [0.3, 0.4) is 0 Å². The van der Waals surface area contributed by atoms with Crippen molar-refractivity contribution in [3.8, 4) is 0 Å². The molecular formula is C18H19ClFN3O6. The second-order valence-corrected chi connectivity index (χ2v) is 6.81. The molecule has 1 unspecified atom stereocenters. The lowest BCUT2D eigenvalue weighted by molar-refractivity contribution is -0.149. The topological polar surface area (TPSA) is 126 Å². The minimum Gasteiger partial charge on any atom is -0.462 e. The molecule has 11 heteroatoms. The van der Waals surface area contributed by atoms with E-state index < -0.39 is 41.5 Å². The van der Waals surface area contributed by atoms with Gasteiger partial charge in [0.1, 0.15) is 18.9 Å². The van der Waals surface area contributed by atoms with Gasteiger partial charge in [-0.25, -0.2) is 4.79 Å². The number of halogens is 2. The fourth-order valence-corrected chi connectivity index (χ4v) is 3.02. The van der Waals surface area contributed by atoms with E-state index in [9.17, 15) is 18.8 Å². The number of benzene rings is 1. The summed E-state index contributed by atoms with van der Waals surface area (Å²) in [5.74, 6) is -1.74. The second kappa shape index (κ2) is 9.31. The summed E-state index contributed by atoms with van der Waals surface area (Å²) in [7, 11) is 0. The van der Waals surface area contributed by atoms with E-state index in [2.05, 4.69) is 0 Å². The lowest BCUT2D eigenvalue weighted by Crippen LogP contribution is -2.34. The number of esters is 1. The Hall–Kier alpha value is -2.53. The predicted molar refractivity (Wildman–Crippen MR) is 99.9 cm³/mol. The molecule has 156 valence electrons. The van der Waals surface area contributed by atoms with Gasteiger partial charge in [0.25, 0.3) is 5.56 Å². The molecule has 1 aliphatic heterocycles. The monoisotopic (exact) mass is 427 g/mol. The minimum absolute atomic E-state index is 0.154. The van der Waals surface area contributed by atoms with Gasteiger partial charge in [-0.2, -0.15) is 4.39 Å². The number of rotatable bonds is 7. The van der Waals surface area contributed by atoms with Gasteiger partial charge in [0, 0.05) is 11.4 Å². The van der Waals surface area contributed by atoms with Gasteiger partial charge in [0.2, 0.25) is 5.82 Å². The summed E-state index contributed by atoms with van der Waals surface area (Å²) in [6, 6.07) is 7.02. The van der Waals surface area contributed by atoms with E-state index in [0.29, 0.717) is 5.02 Å². The number of aromatic nitrogens is 2. The maximum Gasteiger partial charge on any atom is 0.330 e. The van der Waals surface area contributed by atoms with Crippen LogP contribution >= 0.6 is 11.6 Å². The van der Waals surface area contributed by atoms with E-state index >= 15 is 0 Å². The molecule has 1 aliphatic rings. The molecule has 0 bridgehead atoms. The van der Waals surface area contributed by atoms with Gasteiger partial charge in [-0.05, 0) is 17.7 Å². The Kier molecular flexibility index (Phi) is 6.80. The van der Waals surface area contributed by atoms with Gasteiger partial charge in [-0.1, -0.05) is 23.7 Å². The molecule has 2 aromatic rings. The van der Waals surface area contributed by atoms with E-state index in [0.717, 1.165) is 16.3 Å². The molecule has 9 nitrogen and oxygen atoms in total. The third kappa shape index (κ3) is 5.30. The number of H-pyrrole nitrogens is 1. The molecule has 0 radical (unpaired) electrons. The van der Waals surface area contributed by atoms with Crippen molar-refractivity contribution in [2.45, 2.75) is 31.5 Å². The summed E-state index contributed by atoms with van der Waals surface area (Å²) in [4.78, 5) is 36.5. The zero-order valence-electron chi connectivity index (χ0n) is 15.2. The molecule has 1 aromatic heterocycles. The number of nitrogens with two attached hydrogens (primary N) is 1. The third-order valence-corrected chi connectivity index (χ3v) is 4.62. The Morgan fingerprint density at radius 3 is 2.76 bits per heavy atom. The van der Waals surface area contributed by atoms with Crippen molar-refractivity contribution in [2.24, 2.45) is 5.73 Å². The summed E-state index contributed by atoms with van der Waals surface area (Å²) in [6.45, 7) is -0.233. The normalized spacial score (nSPS) is 21.3. The first-order valence-corrected chi connectivity index (χ1v) is 9.13. The summed E-state index contributed by atoms with van der Waals surface area (Å²) in [6.07, 6.45) is -1.25. The van der Waals surface area contributed by atoms with Crippen LogP contribution in [0.15, 0.2) is 40.1 Å². The van der Waals surface area contributed by atoms with Crippen molar-refractivity contribution in [2.75, 3.05) is 13.2 Å². The number of nitrogens with one attached hydrogen (secondary N) is 1. The van der Waals surface area contributed by atoms with Crippen molar-refractivity contribution in [1.29, 1.82) is 0 Å². The summed E-state index contributed by atoms with van der Waals surface area (Å²) in [5.41, 5.74) is 4.14. The standard InChI is InChI=1S/C18H19ClFN3O6/c19-11-3-1-10(2-4-11)8-27-13-5-15(29-14(13)9-28-16(24)6-21)23-7-12(20)17(25)22-18(23)26/h1-4,7,13-15H,5-6,8-9,21H2,(H,22,25,26)/t13?,14-,15-/m0/s1. The van der Waals surface area contributed by atoms with Crippen LogP contribution in [0.4, 0.5) is 4.39 Å². The lowest BCUT2D eigenvalue weighted by atomic mass is 10.1. The maximum atomic E-state index is 13.6. The Balaban J connectivity index is 1.75. The minimum atomic E-state index is -1.12. The van der Waals surface area contributed by atoms with Crippen molar-refractivity contribution >= 4 is 17.6 Å². The molecule has 2 heterocycles. The Labute approximate surface area is 169 Å². The summed E-state index contributed by atoms with van der Waals surface area (Å²) >= 11 is 5.86. The van der Waals surface area contributed by atoms with Crippen LogP contribution in [-0.2, 0) is 25.6 Å². The van der Waals surface area contributed by atoms with Crippen LogP contribution in [0.5, 0.6) is 0 Å². The van der Waals surface area contributed by atoms with Gasteiger partial charge in [-0.3, -0.25) is 19.1 Å². The molecule has 3 rings (SSSR count). The van der Waals surface area contributed by atoms with Crippen LogP contribution in [0.25, 0.3) is 0 Å².